The van der Waals surface area contributed by atoms with E-state index < -0.39 is 23.2 Å². The molecule has 0 unspecified atom stereocenters. The Labute approximate surface area is 123 Å². The lowest BCUT2D eigenvalue weighted by atomic mass is 10.1. The first-order chi connectivity index (χ1) is 9.40. The molecule has 0 spiro atoms. The van der Waals surface area contributed by atoms with Gasteiger partial charge in [0.2, 0.25) is 0 Å². The highest BCUT2D eigenvalue weighted by Gasteiger charge is 2.15. The molecule has 0 aromatic heterocycles. The third kappa shape index (κ3) is 2.88. The minimum absolute atomic E-state index is 0.272. The summed E-state index contributed by atoms with van der Waals surface area (Å²) in [6.45, 7) is 3.34. The van der Waals surface area contributed by atoms with Gasteiger partial charge in [-0.15, -0.1) is 0 Å². The van der Waals surface area contributed by atoms with Crippen molar-refractivity contribution in [3.63, 3.8) is 0 Å². The summed E-state index contributed by atoms with van der Waals surface area (Å²) in [6, 6.07) is 7.39. The molecule has 2 aromatic rings. The largest absolute Gasteiger partial charge is 0.317 e. The number of rotatable bonds is 2. The predicted molar refractivity (Wildman–Crippen MR) is 77.9 cm³/mol. The van der Waals surface area contributed by atoms with Crippen LogP contribution in [0, 0.1) is 25.5 Å². The van der Waals surface area contributed by atoms with Gasteiger partial charge in [-0.05, 0) is 49.2 Å². The van der Waals surface area contributed by atoms with Gasteiger partial charge in [0, 0.05) is 10.0 Å². The van der Waals surface area contributed by atoms with Crippen molar-refractivity contribution in [2.75, 3.05) is 5.32 Å². The number of nitrogens with one attached hydrogen (secondary N) is 1. The number of hydrogen-bond donors (Lipinski definition) is 1. The molecule has 0 aliphatic rings. The second kappa shape index (κ2) is 5.71. The Morgan fingerprint density at radius 2 is 1.80 bits per heavy atom. The van der Waals surface area contributed by atoms with Crippen LogP contribution in [0.25, 0.3) is 0 Å². The van der Waals surface area contributed by atoms with Crippen molar-refractivity contribution in [1.29, 1.82) is 0 Å². The van der Waals surface area contributed by atoms with Crippen LogP contribution in [0.3, 0.4) is 0 Å². The van der Waals surface area contributed by atoms with E-state index >= 15 is 0 Å². The van der Waals surface area contributed by atoms with Gasteiger partial charge >= 0.3 is 0 Å². The number of benzene rings is 2. The molecule has 5 heteroatoms. The Kier molecular flexibility index (Phi) is 4.18. The van der Waals surface area contributed by atoms with Crippen LogP contribution < -0.4 is 5.32 Å². The van der Waals surface area contributed by atoms with Crippen molar-refractivity contribution in [3.8, 4) is 0 Å². The van der Waals surface area contributed by atoms with Gasteiger partial charge < -0.3 is 5.32 Å². The average Bonchev–Trinajstić information content (AvgIpc) is 2.42. The number of hydrogen-bond acceptors (Lipinski definition) is 1. The van der Waals surface area contributed by atoms with Gasteiger partial charge in [-0.1, -0.05) is 22.0 Å². The second-order valence-corrected chi connectivity index (χ2v) is 5.33. The van der Waals surface area contributed by atoms with E-state index in [1.165, 1.54) is 13.0 Å². The lowest BCUT2D eigenvalue weighted by Gasteiger charge is -2.10. The molecule has 0 fully saturated rings. The summed E-state index contributed by atoms with van der Waals surface area (Å²) >= 11 is 3.33. The number of aryl methyl sites for hydroxylation is 2. The first kappa shape index (κ1) is 14.7. The molecule has 0 aliphatic heterocycles. The molecule has 1 N–H and O–H groups in total. The van der Waals surface area contributed by atoms with Crippen LogP contribution in [-0.2, 0) is 0 Å². The molecule has 2 nitrogen and oxygen atoms in total. The van der Waals surface area contributed by atoms with E-state index in [-0.39, 0.29) is 5.56 Å². The van der Waals surface area contributed by atoms with Crippen LogP contribution in [-0.4, -0.2) is 5.91 Å². The molecule has 20 heavy (non-hydrogen) atoms. The van der Waals surface area contributed by atoms with E-state index in [9.17, 15) is 13.6 Å². The maximum Gasteiger partial charge on any atom is 0.255 e. The summed E-state index contributed by atoms with van der Waals surface area (Å²) in [5.74, 6) is -2.11. The molecule has 0 saturated heterocycles. The maximum absolute atomic E-state index is 13.8. The zero-order valence-corrected chi connectivity index (χ0v) is 12.5. The molecule has 1 amide bonds. The first-order valence-electron chi connectivity index (χ1n) is 5.92. The molecule has 2 aromatic carbocycles. The summed E-state index contributed by atoms with van der Waals surface area (Å²) in [6.07, 6.45) is 0. The molecule has 0 atom stereocenters. The molecule has 0 saturated carbocycles. The first-order valence-corrected chi connectivity index (χ1v) is 6.71. The van der Waals surface area contributed by atoms with Crippen molar-refractivity contribution in [2.24, 2.45) is 0 Å². The Balaban J connectivity index is 2.32. The van der Waals surface area contributed by atoms with Gasteiger partial charge in [0.05, 0.1) is 0 Å². The molecule has 0 bridgehead atoms. The summed E-state index contributed by atoms with van der Waals surface area (Å²) in [5.41, 5.74) is 1.05. The Hall–Kier alpha value is -1.75. The third-order valence-electron chi connectivity index (χ3n) is 2.94. The topological polar surface area (TPSA) is 29.1 Å². The molecule has 2 rings (SSSR count). The van der Waals surface area contributed by atoms with Crippen LogP contribution in [0.5, 0.6) is 0 Å². The van der Waals surface area contributed by atoms with E-state index in [0.29, 0.717) is 5.56 Å². The number of amides is 1. The molecular weight excluding hydrogens is 328 g/mol. The summed E-state index contributed by atoms with van der Waals surface area (Å²) in [5, 5.41) is 2.28. The van der Waals surface area contributed by atoms with Crippen molar-refractivity contribution >= 4 is 27.5 Å². The maximum atomic E-state index is 13.8. The van der Waals surface area contributed by atoms with Crippen LogP contribution in [0.15, 0.2) is 34.8 Å². The highest BCUT2D eigenvalue weighted by Crippen LogP contribution is 2.23. The Bertz CT molecular complexity index is 686. The number of anilines is 1. The smallest absolute Gasteiger partial charge is 0.255 e. The summed E-state index contributed by atoms with van der Waals surface area (Å²) < 4.78 is 28.3. The zero-order chi connectivity index (χ0) is 14.9. The minimum atomic E-state index is -0.796. The van der Waals surface area contributed by atoms with Crippen molar-refractivity contribution in [2.45, 2.75) is 13.8 Å². The lowest BCUT2D eigenvalue weighted by molar-refractivity contribution is 0.102. The van der Waals surface area contributed by atoms with E-state index in [2.05, 4.69) is 21.2 Å². The fraction of sp³-hybridized carbons (Fsp3) is 0.133. The molecule has 0 heterocycles. The van der Waals surface area contributed by atoms with Gasteiger partial charge in [-0.25, -0.2) is 8.78 Å². The number of carbonyl (C=O) groups is 1. The Morgan fingerprint density at radius 1 is 1.10 bits per heavy atom. The highest BCUT2D eigenvalue weighted by atomic mass is 79.9. The van der Waals surface area contributed by atoms with Crippen LogP contribution in [0.4, 0.5) is 14.5 Å². The van der Waals surface area contributed by atoms with Crippen molar-refractivity contribution in [1.82, 2.24) is 0 Å². The molecule has 0 aliphatic carbocycles. The zero-order valence-electron chi connectivity index (χ0n) is 10.9. The molecule has 0 radical (unpaired) electrons. The van der Waals surface area contributed by atoms with E-state index in [1.807, 2.05) is 6.92 Å². The standard InChI is InChI=1S/C15H12BrF2NO/c1-8-3-6-12(17)14(13(8)18)19-15(20)10-4-5-11(16)9(2)7-10/h3-7H,1-2H3,(H,19,20). The van der Waals surface area contributed by atoms with Crippen molar-refractivity contribution < 1.29 is 13.6 Å². The van der Waals surface area contributed by atoms with E-state index in [1.54, 1.807) is 18.2 Å². The normalized spacial score (nSPS) is 10.4. The summed E-state index contributed by atoms with van der Waals surface area (Å²) in [7, 11) is 0. The van der Waals surface area contributed by atoms with Gasteiger partial charge in [0.15, 0.2) is 5.82 Å². The molecule has 104 valence electrons. The van der Waals surface area contributed by atoms with Crippen molar-refractivity contribution in [3.05, 3.63) is 63.1 Å². The van der Waals surface area contributed by atoms with Gasteiger partial charge in [-0.3, -0.25) is 4.79 Å². The SMILES string of the molecule is Cc1cc(C(=O)Nc2c(F)ccc(C)c2F)ccc1Br. The Morgan fingerprint density at radius 3 is 2.45 bits per heavy atom. The van der Waals surface area contributed by atoms with E-state index in [0.717, 1.165) is 16.1 Å². The average molecular weight is 340 g/mol. The van der Waals surface area contributed by atoms with Gasteiger partial charge in [-0.2, -0.15) is 0 Å². The van der Waals surface area contributed by atoms with Crippen LogP contribution in [0.1, 0.15) is 21.5 Å². The monoisotopic (exact) mass is 339 g/mol. The second-order valence-electron chi connectivity index (χ2n) is 4.47. The van der Waals surface area contributed by atoms with E-state index in [4.69, 9.17) is 0 Å². The fourth-order valence-electron chi connectivity index (χ4n) is 1.74. The number of halogens is 3. The predicted octanol–water partition coefficient (Wildman–Crippen LogP) is 4.60. The fourth-order valence-corrected chi connectivity index (χ4v) is 1.99. The number of carbonyl (C=O) groups excluding carboxylic acids is 1. The quantitative estimate of drug-likeness (QED) is 0.851. The lowest BCUT2D eigenvalue weighted by Crippen LogP contribution is -2.15. The van der Waals surface area contributed by atoms with Gasteiger partial charge in [0.25, 0.3) is 5.91 Å². The van der Waals surface area contributed by atoms with Crippen LogP contribution in [0.2, 0.25) is 0 Å². The van der Waals surface area contributed by atoms with Crippen LogP contribution >= 0.6 is 15.9 Å². The third-order valence-corrected chi connectivity index (χ3v) is 3.83. The molecular formula is C15H12BrF2NO. The minimum Gasteiger partial charge on any atom is -0.317 e. The van der Waals surface area contributed by atoms with Gasteiger partial charge in [0.1, 0.15) is 11.5 Å². The summed E-state index contributed by atoms with van der Waals surface area (Å²) in [4.78, 5) is 12.0. The highest BCUT2D eigenvalue weighted by molar-refractivity contribution is 9.10.